The summed E-state index contributed by atoms with van der Waals surface area (Å²) in [7, 11) is 0. The molecular weight excluding hydrogens is 306 g/mol. The largest absolute Gasteiger partial charge is 0.303 e. The van der Waals surface area contributed by atoms with Gasteiger partial charge in [-0.2, -0.15) is 5.10 Å². The number of rotatable bonds is 12. The minimum Gasteiger partial charge on any atom is -0.303 e. The highest BCUT2D eigenvalue weighted by molar-refractivity contribution is 4.99. The van der Waals surface area contributed by atoms with E-state index in [0.717, 1.165) is 18.4 Å². The number of nitrogens with zero attached hydrogens (tertiary/aromatic N) is 3. The predicted molar refractivity (Wildman–Crippen MR) is 108 cm³/mol. The molecule has 144 valence electrons. The van der Waals surface area contributed by atoms with Crippen molar-refractivity contribution < 1.29 is 0 Å². The van der Waals surface area contributed by atoms with Crippen LogP contribution < -0.4 is 0 Å². The van der Waals surface area contributed by atoms with Crippen molar-refractivity contribution >= 4 is 0 Å². The van der Waals surface area contributed by atoms with E-state index in [0.29, 0.717) is 0 Å². The molecule has 3 heteroatoms. The van der Waals surface area contributed by atoms with Gasteiger partial charge in [0.05, 0.1) is 6.20 Å². The van der Waals surface area contributed by atoms with Crippen LogP contribution in [0.2, 0.25) is 0 Å². The molecule has 0 aliphatic carbocycles. The SMILES string of the molecule is Cc1cnn(CC2CCN(CCCCCCCCCC(C)C)CC2)c1. The van der Waals surface area contributed by atoms with Crippen LogP contribution in [-0.2, 0) is 6.54 Å². The van der Waals surface area contributed by atoms with Crippen molar-refractivity contribution in [1.29, 1.82) is 0 Å². The highest BCUT2D eigenvalue weighted by Gasteiger charge is 2.19. The van der Waals surface area contributed by atoms with Crippen molar-refractivity contribution in [2.24, 2.45) is 11.8 Å². The number of hydrogen-bond donors (Lipinski definition) is 0. The first-order valence-electron chi connectivity index (χ1n) is 10.8. The number of unbranched alkanes of at least 4 members (excludes halogenated alkanes) is 6. The van der Waals surface area contributed by atoms with Crippen LogP contribution in [0.5, 0.6) is 0 Å². The lowest BCUT2D eigenvalue weighted by molar-refractivity contribution is 0.168. The zero-order valence-corrected chi connectivity index (χ0v) is 17.1. The van der Waals surface area contributed by atoms with Crippen molar-refractivity contribution in [3.8, 4) is 0 Å². The third-order valence-corrected chi connectivity index (χ3v) is 5.67. The van der Waals surface area contributed by atoms with Crippen molar-refractivity contribution in [3.63, 3.8) is 0 Å². The van der Waals surface area contributed by atoms with Crippen LogP contribution in [0.25, 0.3) is 0 Å². The van der Waals surface area contributed by atoms with Gasteiger partial charge in [0.25, 0.3) is 0 Å². The summed E-state index contributed by atoms with van der Waals surface area (Å²) in [6, 6.07) is 0. The molecule has 2 rings (SSSR count). The van der Waals surface area contributed by atoms with Crippen LogP contribution in [-0.4, -0.2) is 34.3 Å². The number of hydrogen-bond acceptors (Lipinski definition) is 2. The molecule has 0 amide bonds. The van der Waals surface area contributed by atoms with Crippen molar-refractivity contribution in [2.75, 3.05) is 19.6 Å². The Hall–Kier alpha value is -0.830. The maximum Gasteiger partial charge on any atom is 0.0518 e. The molecule has 0 atom stereocenters. The first kappa shape index (κ1) is 20.5. The van der Waals surface area contributed by atoms with E-state index in [1.807, 2.05) is 6.20 Å². The molecule has 3 nitrogen and oxygen atoms in total. The van der Waals surface area contributed by atoms with Crippen molar-refractivity contribution in [1.82, 2.24) is 14.7 Å². The fourth-order valence-electron chi connectivity index (χ4n) is 4.00. The van der Waals surface area contributed by atoms with E-state index in [2.05, 4.69) is 41.6 Å². The lowest BCUT2D eigenvalue weighted by atomic mass is 9.96. The van der Waals surface area contributed by atoms with Gasteiger partial charge in [-0.1, -0.05) is 58.8 Å². The fourth-order valence-corrected chi connectivity index (χ4v) is 4.00. The molecule has 1 fully saturated rings. The van der Waals surface area contributed by atoms with Crippen molar-refractivity contribution in [3.05, 3.63) is 18.0 Å². The van der Waals surface area contributed by atoms with Crippen LogP contribution in [0.1, 0.15) is 83.6 Å². The Morgan fingerprint density at radius 2 is 1.64 bits per heavy atom. The molecule has 25 heavy (non-hydrogen) atoms. The highest BCUT2D eigenvalue weighted by atomic mass is 15.3. The average molecular weight is 348 g/mol. The quantitative estimate of drug-likeness (QED) is 0.453. The van der Waals surface area contributed by atoms with Gasteiger partial charge in [-0.3, -0.25) is 4.68 Å². The lowest BCUT2D eigenvalue weighted by Crippen LogP contribution is -2.35. The summed E-state index contributed by atoms with van der Waals surface area (Å²) >= 11 is 0. The summed E-state index contributed by atoms with van der Waals surface area (Å²) in [6.45, 7) is 11.8. The van der Waals surface area contributed by atoms with Crippen molar-refractivity contribution in [2.45, 2.75) is 91.5 Å². The molecule has 0 bridgehead atoms. The molecule has 1 aromatic rings. The van der Waals surface area contributed by atoms with Crippen LogP contribution in [0.3, 0.4) is 0 Å². The highest BCUT2D eigenvalue weighted by Crippen LogP contribution is 2.20. The number of likely N-dealkylation sites (tertiary alicyclic amines) is 1. The molecule has 0 aromatic carbocycles. The van der Waals surface area contributed by atoms with Gasteiger partial charge >= 0.3 is 0 Å². The molecule has 1 aromatic heterocycles. The second-order valence-corrected chi connectivity index (χ2v) is 8.68. The molecule has 2 heterocycles. The summed E-state index contributed by atoms with van der Waals surface area (Å²) in [6.07, 6.45) is 18.3. The molecular formula is C22H41N3. The van der Waals surface area contributed by atoms with Crippen LogP contribution in [0, 0.1) is 18.8 Å². The summed E-state index contributed by atoms with van der Waals surface area (Å²) < 4.78 is 2.14. The number of piperidine rings is 1. The predicted octanol–water partition coefficient (Wildman–Crippen LogP) is 5.68. The van der Waals surface area contributed by atoms with E-state index in [1.165, 1.54) is 89.4 Å². The van der Waals surface area contributed by atoms with E-state index < -0.39 is 0 Å². The Morgan fingerprint density at radius 3 is 2.24 bits per heavy atom. The van der Waals surface area contributed by atoms with E-state index >= 15 is 0 Å². The molecule has 0 saturated carbocycles. The fraction of sp³-hybridized carbons (Fsp3) is 0.864. The molecule has 1 aliphatic rings. The molecule has 0 N–H and O–H groups in total. The van der Waals surface area contributed by atoms with Gasteiger partial charge in [0.2, 0.25) is 0 Å². The summed E-state index contributed by atoms with van der Waals surface area (Å²) in [5.41, 5.74) is 1.28. The van der Waals surface area contributed by atoms with Gasteiger partial charge in [-0.25, -0.2) is 0 Å². The van der Waals surface area contributed by atoms with Crippen LogP contribution in [0.15, 0.2) is 12.4 Å². The smallest absolute Gasteiger partial charge is 0.0518 e. The summed E-state index contributed by atoms with van der Waals surface area (Å²) in [4.78, 5) is 2.69. The third kappa shape index (κ3) is 8.89. The van der Waals surface area contributed by atoms with Crippen LogP contribution >= 0.6 is 0 Å². The lowest BCUT2D eigenvalue weighted by Gasteiger charge is -2.31. The Morgan fingerprint density at radius 1 is 1.00 bits per heavy atom. The van der Waals surface area contributed by atoms with Crippen LogP contribution in [0.4, 0.5) is 0 Å². The van der Waals surface area contributed by atoms with Gasteiger partial charge in [0, 0.05) is 12.7 Å². The Labute approximate surface area is 156 Å². The Kier molecular flexibility index (Phi) is 9.60. The van der Waals surface area contributed by atoms with Gasteiger partial charge < -0.3 is 4.90 Å². The van der Waals surface area contributed by atoms with E-state index in [4.69, 9.17) is 0 Å². The maximum absolute atomic E-state index is 4.44. The average Bonchev–Trinajstić information content (AvgIpc) is 2.99. The second-order valence-electron chi connectivity index (χ2n) is 8.68. The summed E-state index contributed by atoms with van der Waals surface area (Å²) in [5, 5.41) is 4.44. The second kappa shape index (κ2) is 11.7. The van der Waals surface area contributed by atoms with Gasteiger partial charge in [-0.05, 0) is 63.2 Å². The standard InChI is InChI=1S/C22H41N3/c1-20(2)11-9-7-5-4-6-8-10-14-24-15-12-22(13-16-24)19-25-18-21(3)17-23-25/h17-18,20,22H,4-16,19H2,1-3H3. The molecule has 0 radical (unpaired) electrons. The Bertz CT molecular complexity index is 444. The zero-order chi connectivity index (χ0) is 17.9. The first-order chi connectivity index (χ1) is 12.1. The van der Waals surface area contributed by atoms with E-state index in [9.17, 15) is 0 Å². The molecule has 1 aliphatic heterocycles. The molecule has 0 unspecified atom stereocenters. The monoisotopic (exact) mass is 347 g/mol. The van der Waals surface area contributed by atoms with Gasteiger partial charge in [0.1, 0.15) is 0 Å². The zero-order valence-electron chi connectivity index (χ0n) is 17.1. The normalized spacial score (nSPS) is 16.8. The number of aromatic nitrogens is 2. The molecule has 1 saturated heterocycles. The molecule has 0 spiro atoms. The Balaban J connectivity index is 1.42. The van der Waals surface area contributed by atoms with E-state index in [-0.39, 0.29) is 0 Å². The first-order valence-corrected chi connectivity index (χ1v) is 10.8. The minimum atomic E-state index is 0.821. The maximum atomic E-state index is 4.44. The van der Waals surface area contributed by atoms with Gasteiger partial charge in [0.15, 0.2) is 0 Å². The third-order valence-electron chi connectivity index (χ3n) is 5.67. The topological polar surface area (TPSA) is 21.1 Å². The summed E-state index contributed by atoms with van der Waals surface area (Å²) in [5.74, 6) is 1.70. The number of aryl methyl sites for hydroxylation is 1. The van der Waals surface area contributed by atoms with Gasteiger partial charge in [-0.15, -0.1) is 0 Å². The minimum absolute atomic E-state index is 0.821. The van der Waals surface area contributed by atoms with E-state index in [1.54, 1.807) is 0 Å².